The minimum Gasteiger partial charge on any atom is -0.354 e. The van der Waals surface area contributed by atoms with Crippen molar-refractivity contribution in [3.8, 4) is 0 Å². The second-order valence-corrected chi connectivity index (χ2v) is 2.75. The summed E-state index contributed by atoms with van der Waals surface area (Å²) in [6.45, 7) is 9.50. The maximum Gasteiger partial charge on any atom is 0.203 e. The molecule has 0 saturated heterocycles. The molecule has 0 atom stereocenters. The number of allylic oxidation sites excluding steroid dienone is 1. The van der Waals surface area contributed by atoms with Gasteiger partial charge in [0.15, 0.2) is 0 Å². The van der Waals surface area contributed by atoms with E-state index in [2.05, 4.69) is 28.0 Å². The van der Waals surface area contributed by atoms with E-state index in [9.17, 15) is 0 Å². The maximum atomic E-state index is 4.34. The molecular weight excluding hydrogens is 150 g/mol. The zero-order valence-corrected chi connectivity index (χ0v) is 6.88. The van der Waals surface area contributed by atoms with E-state index in [4.69, 9.17) is 0 Å². The van der Waals surface area contributed by atoms with Crippen molar-refractivity contribution in [3.05, 3.63) is 23.4 Å². The van der Waals surface area contributed by atoms with Crippen LogP contribution in [0.3, 0.4) is 0 Å². The fourth-order valence-corrected chi connectivity index (χ4v) is 1.41. The van der Waals surface area contributed by atoms with Crippen molar-refractivity contribution in [2.24, 2.45) is 0 Å². The number of nitrogens with one attached hydrogen (secondary N) is 1. The van der Waals surface area contributed by atoms with Crippen LogP contribution in [0.5, 0.6) is 0 Å². The number of nitrogens with zero attached hydrogens (tertiary/aromatic N) is 2. The molecule has 0 aromatic carbocycles. The number of anilines is 1. The smallest absolute Gasteiger partial charge is 0.203 e. The van der Waals surface area contributed by atoms with Crippen molar-refractivity contribution in [3.63, 3.8) is 0 Å². The Bertz CT molecular complexity index is 414. The van der Waals surface area contributed by atoms with Gasteiger partial charge in [-0.25, -0.2) is 4.98 Å². The van der Waals surface area contributed by atoms with Crippen molar-refractivity contribution in [2.75, 3.05) is 11.9 Å². The summed E-state index contributed by atoms with van der Waals surface area (Å²) in [5.74, 6) is 0.924. The van der Waals surface area contributed by atoms with Gasteiger partial charge in [-0.3, -0.25) is 0 Å². The number of imidazole rings is 1. The van der Waals surface area contributed by atoms with Crippen LogP contribution in [0.4, 0.5) is 5.95 Å². The van der Waals surface area contributed by atoms with E-state index >= 15 is 0 Å². The van der Waals surface area contributed by atoms with E-state index in [1.165, 1.54) is 0 Å². The SMILES string of the molecule is C=C/C=c1/nc2n(c1=C)CCN2. The summed E-state index contributed by atoms with van der Waals surface area (Å²) < 4.78 is 2.08. The van der Waals surface area contributed by atoms with Gasteiger partial charge in [0, 0.05) is 13.1 Å². The summed E-state index contributed by atoms with van der Waals surface area (Å²) in [7, 11) is 0. The van der Waals surface area contributed by atoms with E-state index in [0.29, 0.717) is 0 Å². The monoisotopic (exact) mass is 161 g/mol. The molecule has 0 bridgehead atoms. The van der Waals surface area contributed by atoms with Gasteiger partial charge in [-0.2, -0.15) is 0 Å². The van der Waals surface area contributed by atoms with Crippen LogP contribution >= 0.6 is 0 Å². The first-order valence-electron chi connectivity index (χ1n) is 3.95. The maximum absolute atomic E-state index is 4.34. The van der Waals surface area contributed by atoms with Gasteiger partial charge in [-0.1, -0.05) is 19.2 Å². The van der Waals surface area contributed by atoms with Gasteiger partial charge in [0.05, 0.1) is 10.7 Å². The first kappa shape index (κ1) is 7.16. The van der Waals surface area contributed by atoms with Crippen LogP contribution in [0.2, 0.25) is 0 Å². The molecule has 0 unspecified atom stereocenters. The number of fused-ring (bicyclic) bond motifs is 1. The molecular formula is C9H11N3. The van der Waals surface area contributed by atoms with E-state index < -0.39 is 0 Å². The van der Waals surface area contributed by atoms with Crippen molar-refractivity contribution < 1.29 is 0 Å². The highest BCUT2D eigenvalue weighted by molar-refractivity contribution is 5.39. The predicted molar refractivity (Wildman–Crippen MR) is 50.2 cm³/mol. The molecule has 1 aromatic rings. The highest BCUT2D eigenvalue weighted by atomic mass is 15.3. The zero-order chi connectivity index (χ0) is 8.55. The van der Waals surface area contributed by atoms with Gasteiger partial charge in [-0.05, 0) is 6.08 Å². The lowest BCUT2D eigenvalue weighted by molar-refractivity contribution is 0.785. The van der Waals surface area contributed by atoms with Gasteiger partial charge in [0.1, 0.15) is 0 Å². The van der Waals surface area contributed by atoms with Crippen LogP contribution in [0.1, 0.15) is 0 Å². The highest BCUT2D eigenvalue weighted by Crippen LogP contribution is 2.02. The molecule has 3 nitrogen and oxygen atoms in total. The molecule has 1 N–H and O–H groups in total. The first-order chi connectivity index (χ1) is 5.83. The molecule has 1 aliphatic rings. The quantitative estimate of drug-likeness (QED) is 0.612. The van der Waals surface area contributed by atoms with Gasteiger partial charge in [-0.15, -0.1) is 0 Å². The lowest BCUT2D eigenvalue weighted by atomic mass is 10.5. The number of aromatic nitrogens is 2. The average Bonchev–Trinajstić information content (AvgIpc) is 2.58. The lowest BCUT2D eigenvalue weighted by Gasteiger charge is -1.89. The minimum atomic E-state index is 0.909. The summed E-state index contributed by atoms with van der Waals surface area (Å²) in [4.78, 5) is 4.34. The van der Waals surface area contributed by atoms with Gasteiger partial charge >= 0.3 is 0 Å². The Labute approximate surface area is 70.7 Å². The Morgan fingerprint density at radius 2 is 2.42 bits per heavy atom. The van der Waals surface area contributed by atoms with Crippen molar-refractivity contribution in [2.45, 2.75) is 6.54 Å². The molecule has 2 rings (SSSR count). The number of hydrogen-bond donors (Lipinski definition) is 1. The van der Waals surface area contributed by atoms with Crippen molar-refractivity contribution in [1.29, 1.82) is 0 Å². The molecule has 3 heteroatoms. The third kappa shape index (κ3) is 0.863. The van der Waals surface area contributed by atoms with Gasteiger partial charge < -0.3 is 9.88 Å². The van der Waals surface area contributed by atoms with Crippen LogP contribution in [0.15, 0.2) is 12.7 Å². The average molecular weight is 161 g/mol. The van der Waals surface area contributed by atoms with Crippen LogP contribution < -0.4 is 16.0 Å². The summed E-state index contributed by atoms with van der Waals surface area (Å²) in [6, 6.07) is 0. The molecule has 1 aliphatic heterocycles. The molecule has 0 spiro atoms. The van der Waals surface area contributed by atoms with Gasteiger partial charge in [0.2, 0.25) is 5.95 Å². The highest BCUT2D eigenvalue weighted by Gasteiger charge is 2.10. The Morgan fingerprint density at radius 1 is 1.58 bits per heavy atom. The number of rotatable bonds is 1. The normalized spacial score (nSPS) is 15.8. The summed E-state index contributed by atoms with van der Waals surface area (Å²) in [6.07, 6.45) is 3.60. The van der Waals surface area contributed by atoms with E-state index in [-0.39, 0.29) is 0 Å². The molecule has 0 amide bonds. The molecule has 0 saturated carbocycles. The molecule has 2 heterocycles. The zero-order valence-electron chi connectivity index (χ0n) is 6.88. The topological polar surface area (TPSA) is 29.9 Å². The van der Waals surface area contributed by atoms with E-state index in [1.807, 2.05) is 6.08 Å². The Balaban J connectivity index is 2.70. The predicted octanol–water partition coefficient (Wildman–Crippen LogP) is -0.315. The summed E-state index contributed by atoms with van der Waals surface area (Å²) in [5.41, 5.74) is 0. The second kappa shape index (κ2) is 2.52. The Kier molecular flexibility index (Phi) is 1.50. The summed E-state index contributed by atoms with van der Waals surface area (Å²) in [5, 5.41) is 5.05. The molecule has 0 fully saturated rings. The van der Waals surface area contributed by atoms with E-state index in [0.717, 1.165) is 29.7 Å². The fraction of sp³-hybridized carbons (Fsp3) is 0.222. The minimum absolute atomic E-state index is 0.909. The van der Waals surface area contributed by atoms with Crippen molar-refractivity contribution in [1.82, 2.24) is 9.55 Å². The van der Waals surface area contributed by atoms with E-state index in [1.54, 1.807) is 6.08 Å². The molecule has 62 valence electrons. The first-order valence-corrected chi connectivity index (χ1v) is 3.95. The third-order valence-electron chi connectivity index (χ3n) is 2.00. The Hall–Kier alpha value is -1.51. The third-order valence-corrected chi connectivity index (χ3v) is 2.00. The van der Waals surface area contributed by atoms with Crippen LogP contribution in [-0.2, 0) is 6.54 Å². The lowest BCUT2D eigenvalue weighted by Crippen LogP contribution is -2.28. The summed E-state index contributed by atoms with van der Waals surface area (Å²) >= 11 is 0. The van der Waals surface area contributed by atoms with Crippen LogP contribution in [0.25, 0.3) is 12.7 Å². The second-order valence-electron chi connectivity index (χ2n) is 2.75. The molecule has 12 heavy (non-hydrogen) atoms. The number of hydrogen-bond acceptors (Lipinski definition) is 2. The Morgan fingerprint density at radius 3 is 3.08 bits per heavy atom. The van der Waals surface area contributed by atoms with Crippen molar-refractivity contribution >= 4 is 18.6 Å². The fourth-order valence-electron chi connectivity index (χ4n) is 1.41. The largest absolute Gasteiger partial charge is 0.354 e. The van der Waals surface area contributed by atoms with Gasteiger partial charge in [0.25, 0.3) is 0 Å². The molecule has 0 radical (unpaired) electrons. The van der Waals surface area contributed by atoms with Crippen LogP contribution in [-0.4, -0.2) is 16.1 Å². The molecule has 0 aliphatic carbocycles. The van der Waals surface area contributed by atoms with Crippen LogP contribution in [0, 0.1) is 0 Å². The standard InChI is InChI=1S/C9H11N3/c1-3-4-8-7(2)12-6-5-10-9(12)11-8/h3-4H,1-2,5-6H2,(H,10,11)/b8-4+. The molecule has 1 aromatic heterocycles.